The van der Waals surface area contributed by atoms with Crippen molar-refractivity contribution < 1.29 is 23.1 Å². The van der Waals surface area contributed by atoms with Crippen molar-refractivity contribution in [3.8, 4) is 10.6 Å². The van der Waals surface area contributed by atoms with E-state index in [1.54, 1.807) is 13.8 Å². The molecule has 150 valence electrons. The third kappa shape index (κ3) is 5.03. The Kier molecular flexibility index (Phi) is 6.33. The summed E-state index contributed by atoms with van der Waals surface area (Å²) in [6.45, 7) is 2.72. The molecule has 5 nitrogen and oxygen atoms in total. The van der Waals surface area contributed by atoms with Gasteiger partial charge >= 0.3 is 5.97 Å². The molecule has 0 fully saturated rings. The number of hydrogen-bond donors (Lipinski definition) is 1. The van der Waals surface area contributed by atoms with Crippen LogP contribution in [0.5, 0.6) is 0 Å². The fraction of sp³-hybridized carbons (Fsp3) is 0.190. The molecule has 1 aromatic heterocycles. The maximum atomic E-state index is 13.8. The fourth-order valence-electron chi connectivity index (χ4n) is 2.70. The summed E-state index contributed by atoms with van der Waals surface area (Å²) < 4.78 is 31.9. The minimum absolute atomic E-state index is 0.136. The zero-order chi connectivity index (χ0) is 21.0. The molecule has 0 radical (unpaired) electrons. The number of hydrogen-bond acceptors (Lipinski definition) is 5. The first-order valence-electron chi connectivity index (χ1n) is 8.79. The van der Waals surface area contributed by atoms with Crippen LogP contribution in [-0.2, 0) is 9.53 Å². The molecule has 1 atom stereocenters. The largest absolute Gasteiger partial charge is 0.451 e. The van der Waals surface area contributed by atoms with Gasteiger partial charge in [0, 0.05) is 17.2 Å². The van der Waals surface area contributed by atoms with E-state index in [0.717, 1.165) is 17.7 Å². The number of carbonyl (C=O) groups excluding carboxylic acids is 2. The van der Waals surface area contributed by atoms with Crippen molar-refractivity contribution >= 4 is 23.2 Å². The molecule has 0 unspecified atom stereocenters. The summed E-state index contributed by atoms with van der Waals surface area (Å²) in [5, 5.41) is 3.20. The van der Waals surface area contributed by atoms with Crippen molar-refractivity contribution in [1.29, 1.82) is 0 Å². The van der Waals surface area contributed by atoms with Crippen molar-refractivity contribution in [3.05, 3.63) is 76.3 Å². The average molecular weight is 416 g/mol. The van der Waals surface area contributed by atoms with E-state index in [1.807, 2.05) is 30.3 Å². The Morgan fingerprint density at radius 3 is 2.59 bits per heavy atom. The molecule has 1 N–H and O–H groups in total. The molecule has 8 heteroatoms. The van der Waals surface area contributed by atoms with E-state index in [1.165, 1.54) is 17.4 Å². The van der Waals surface area contributed by atoms with Crippen LogP contribution < -0.4 is 5.32 Å². The van der Waals surface area contributed by atoms with Gasteiger partial charge in [-0.2, -0.15) is 0 Å². The minimum Gasteiger partial charge on any atom is -0.451 e. The SMILES string of the molecule is Cc1nc(-c2ccccc2)sc1C(=O)OCC(=O)N[C@H](C)c1ccc(F)cc1F. The van der Waals surface area contributed by atoms with Gasteiger partial charge in [-0.15, -0.1) is 11.3 Å². The molecule has 0 aliphatic carbocycles. The van der Waals surface area contributed by atoms with E-state index in [0.29, 0.717) is 15.6 Å². The summed E-state index contributed by atoms with van der Waals surface area (Å²) in [4.78, 5) is 29.1. The monoisotopic (exact) mass is 416 g/mol. The number of thiazole rings is 1. The third-order valence-electron chi connectivity index (χ3n) is 4.14. The molecular weight excluding hydrogens is 398 g/mol. The van der Waals surface area contributed by atoms with Crippen molar-refractivity contribution in [2.24, 2.45) is 0 Å². The predicted molar refractivity (Wildman–Crippen MR) is 105 cm³/mol. The van der Waals surface area contributed by atoms with Gasteiger partial charge in [0.2, 0.25) is 0 Å². The Morgan fingerprint density at radius 1 is 1.17 bits per heavy atom. The number of carbonyl (C=O) groups is 2. The van der Waals surface area contributed by atoms with Gasteiger partial charge in [0.25, 0.3) is 5.91 Å². The molecule has 0 aliphatic rings. The van der Waals surface area contributed by atoms with Crippen LogP contribution in [0, 0.1) is 18.6 Å². The maximum Gasteiger partial charge on any atom is 0.350 e. The van der Waals surface area contributed by atoms with Crippen LogP contribution in [-0.4, -0.2) is 23.5 Å². The summed E-state index contributed by atoms with van der Waals surface area (Å²) >= 11 is 1.18. The molecule has 2 aromatic carbocycles. The molecule has 0 saturated carbocycles. The Hall–Kier alpha value is -3.13. The van der Waals surface area contributed by atoms with Gasteiger partial charge in [-0.05, 0) is 19.9 Å². The molecular formula is C21H18F2N2O3S. The lowest BCUT2D eigenvalue weighted by molar-refractivity contribution is -0.124. The van der Waals surface area contributed by atoms with Crippen molar-refractivity contribution in [3.63, 3.8) is 0 Å². The second kappa shape index (κ2) is 8.91. The number of aryl methyl sites for hydroxylation is 1. The molecule has 29 heavy (non-hydrogen) atoms. The number of halogens is 2. The Morgan fingerprint density at radius 2 is 1.90 bits per heavy atom. The summed E-state index contributed by atoms with van der Waals surface area (Å²) in [6.07, 6.45) is 0. The molecule has 3 rings (SSSR count). The van der Waals surface area contributed by atoms with E-state index in [9.17, 15) is 18.4 Å². The van der Waals surface area contributed by atoms with Crippen LogP contribution in [0.1, 0.15) is 33.9 Å². The molecule has 1 amide bonds. The van der Waals surface area contributed by atoms with Crippen molar-refractivity contribution in [2.45, 2.75) is 19.9 Å². The van der Waals surface area contributed by atoms with Gasteiger partial charge in [0.05, 0.1) is 11.7 Å². The first-order chi connectivity index (χ1) is 13.8. The van der Waals surface area contributed by atoms with Crippen LogP contribution in [0.2, 0.25) is 0 Å². The number of esters is 1. The normalized spacial score (nSPS) is 11.7. The van der Waals surface area contributed by atoms with Gasteiger partial charge in [-0.3, -0.25) is 4.79 Å². The lowest BCUT2D eigenvalue weighted by Gasteiger charge is -2.15. The highest BCUT2D eigenvalue weighted by Gasteiger charge is 2.20. The van der Waals surface area contributed by atoms with E-state index in [4.69, 9.17) is 4.74 Å². The van der Waals surface area contributed by atoms with E-state index < -0.39 is 36.2 Å². The highest BCUT2D eigenvalue weighted by atomic mass is 32.1. The number of rotatable bonds is 6. The minimum atomic E-state index is -0.761. The molecule has 1 heterocycles. The van der Waals surface area contributed by atoms with Crippen molar-refractivity contribution in [2.75, 3.05) is 6.61 Å². The summed E-state index contributed by atoms with van der Waals surface area (Å²) in [7, 11) is 0. The standard InChI is InChI=1S/C21H18F2N2O3S/c1-12(16-9-8-15(22)10-17(16)23)24-18(26)11-28-21(27)19-13(2)25-20(29-19)14-6-4-3-5-7-14/h3-10,12H,11H2,1-2H3,(H,24,26)/t12-/m1/s1. The van der Waals surface area contributed by atoms with E-state index in [-0.39, 0.29) is 5.56 Å². The van der Waals surface area contributed by atoms with Crippen molar-refractivity contribution in [1.82, 2.24) is 10.3 Å². The molecule has 0 bridgehead atoms. The number of amides is 1. The highest BCUT2D eigenvalue weighted by molar-refractivity contribution is 7.17. The third-order valence-corrected chi connectivity index (χ3v) is 5.33. The van der Waals surface area contributed by atoms with E-state index in [2.05, 4.69) is 10.3 Å². The number of benzene rings is 2. The number of aromatic nitrogens is 1. The van der Waals surface area contributed by atoms with Crippen LogP contribution in [0.25, 0.3) is 10.6 Å². The topological polar surface area (TPSA) is 68.3 Å². The van der Waals surface area contributed by atoms with Crippen LogP contribution in [0.15, 0.2) is 48.5 Å². The van der Waals surface area contributed by atoms with E-state index >= 15 is 0 Å². The number of nitrogens with one attached hydrogen (secondary N) is 1. The highest BCUT2D eigenvalue weighted by Crippen LogP contribution is 2.28. The van der Waals surface area contributed by atoms with Gasteiger partial charge in [0.1, 0.15) is 21.5 Å². The zero-order valence-corrected chi connectivity index (χ0v) is 16.6. The second-order valence-electron chi connectivity index (χ2n) is 6.33. The molecule has 0 aliphatic heterocycles. The lowest BCUT2D eigenvalue weighted by atomic mass is 10.1. The fourth-order valence-corrected chi connectivity index (χ4v) is 3.67. The molecule has 0 saturated heterocycles. The van der Waals surface area contributed by atoms with Gasteiger partial charge in [-0.1, -0.05) is 36.4 Å². The zero-order valence-electron chi connectivity index (χ0n) is 15.7. The summed E-state index contributed by atoms with van der Waals surface area (Å²) in [5.74, 6) is -2.71. The average Bonchev–Trinajstić information content (AvgIpc) is 3.08. The number of ether oxygens (including phenoxy) is 1. The maximum absolute atomic E-state index is 13.8. The smallest absolute Gasteiger partial charge is 0.350 e. The quantitative estimate of drug-likeness (QED) is 0.604. The molecule has 0 spiro atoms. The summed E-state index contributed by atoms with van der Waals surface area (Å²) in [5.41, 5.74) is 1.53. The first-order valence-corrected chi connectivity index (χ1v) is 9.61. The Balaban J connectivity index is 1.59. The van der Waals surface area contributed by atoms with Gasteiger partial charge < -0.3 is 10.1 Å². The van der Waals surface area contributed by atoms with Crippen LogP contribution in [0.4, 0.5) is 8.78 Å². The van der Waals surface area contributed by atoms with Crippen LogP contribution in [0.3, 0.4) is 0 Å². The van der Waals surface area contributed by atoms with Gasteiger partial charge in [0.15, 0.2) is 6.61 Å². The second-order valence-corrected chi connectivity index (χ2v) is 7.33. The van der Waals surface area contributed by atoms with Crippen LogP contribution >= 0.6 is 11.3 Å². The first kappa shape index (κ1) is 20.6. The van der Waals surface area contributed by atoms with Gasteiger partial charge in [-0.25, -0.2) is 18.6 Å². The Labute approximate surface area is 170 Å². The number of nitrogens with zero attached hydrogens (tertiary/aromatic N) is 1. The predicted octanol–water partition coefficient (Wildman–Crippen LogP) is 4.43. The Bertz CT molecular complexity index is 1040. The molecule has 3 aromatic rings. The summed E-state index contributed by atoms with van der Waals surface area (Å²) in [6, 6.07) is 11.8. The lowest BCUT2D eigenvalue weighted by Crippen LogP contribution is -2.31.